The number of carbonyl (C=O) groups is 1. The molecule has 0 radical (unpaired) electrons. The Hall–Kier alpha value is -2.92. The number of phenolic OH excluding ortho intramolecular Hbond substituents is 1. The van der Waals surface area contributed by atoms with Crippen LogP contribution in [-0.4, -0.2) is 28.3 Å². The molecule has 0 unspecified atom stereocenters. The molecule has 1 aromatic carbocycles. The highest BCUT2D eigenvalue weighted by Crippen LogP contribution is 2.27. The van der Waals surface area contributed by atoms with Crippen LogP contribution in [0.1, 0.15) is 30.3 Å². The summed E-state index contributed by atoms with van der Waals surface area (Å²) in [4.78, 5) is 12.2. The summed E-state index contributed by atoms with van der Waals surface area (Å²) < 4.78 is 5.00. The van der Waals surface area contributed by atoms with Crippen molar-refractivity contribution in [2.24, 2.45) is 0 Å². The van der Waals surface area contributed by atoms with Crippen LogP contribution in [0.5, 0.6) is 11.5 Å². The van der Waals surface area contributed by atoms with Crippen LogP contribution < -0.4 is 10.1 Å². The van der Waals surface area contributed by atoms with Crippen LogP contribution in [0, 0.1) is 11.3 Å². The maximum atomic E-state index is 12.2. The van der Waals surface area contributed by atoms with Gasteiger partial charge in [-0.2, -0.15) is 5.26 Å². The zero-order valence-corrected chi connectivity index (χ0v) is 14.2. The fourth-order valence-corrected chi connectivity index (χ4v) is 2.52. The Morgan fingerprint density at radius 2 is 2.21 bits per heavy atom. The van der Waals surface area contributed by atoms with Crippen LogP contribution in [0.15, 0.2) is 23.8 Å². The molecule has 0 saturated carbocycles. The number of hydrogen-bond donors (Lipinski definition) is 2. The SMILES string of the molecule is COc1cc(/C=C(/C#N)C(=O)Nc2nnc(C(C)C)s2)ccc1O. The lowest BCUT2D eigenvalue weighted by molar-refractivity contribution is -0.112. The number of aromatic hydroxyl groups is 1. The average molecular weight is 344 g/mol. The first-order valence-electron chi connectivity index (χ1n) is 7.08. The van der Waals surface area contributed by atoms with Gasteiger partial charge in [0.15, 0.2) is 11.5 Å². The summed E-state index contributed by atoms with van der Waals surface area (Å²) in [6.07, 6.45) is 1.40. The van der Waals surface area contributed by atoms with E-state index in [9.17, 15) is 15.2 Å². The predicted octanol–water partition coefficient (Wildman–Crippen LogP) is 2.92. The number of anilines is 1. The molecule has 2 aromatic rings. The van der Waals surface area contributed by atoms with Crippen LogP contribution in [0.3, 0.4) is 0 Å². The summed E-state index contributed by atoms with van der Waals surface area (Å²) in [5.41, 5.74) is 0.459. The van der Waals surface area contributed by atoms with E-state index in [0.717, 1.165) is 5.01 Å². The largest absolute Gasteiger partial charge is 0.504 e. The Morgan fingerprint density at radius 3 is 2.79 bits per heavy atom. The smallest absolute Gasteiger partial charge is 0.268 e. The topological polar surface area (TPSA) is 108 Å². The van der Waals surface area contributed by atoms with Gasteiger partial charge in [-0.1, -0.05) is 31.3 Å². The molecule has 2 rings (SSSR count). The highest BCUT2D eigenvalue weighted by atomic mass is 32.1. The molecule has 0 bridgehead atoms. The minimum absolute atomic E-state index is 0.0207. The zero-order chi connectivity index (χ0) is 17.7. The summed E-state index contributed by atoms with van der Waals surface area (Å²) >= 11 is 1.27. The van der Waals surface area contributed by atoms with E-state index in [-0.39, 0.29) is 23.0 Å². The average Bonchev–Trinajstić information content (AvgIpc) is 3.02. The lowest BCUT2D eigenvalue weighted by atomic mass is 10.1. The third-order valence-corrected chi connectivity index (χ3v) is 4.17. The van der Waals surface area contributed by atoms with E-state index in [1.54, 1.807) is 6.07 Å². The van der Waals surface area contributed by atoms with Crippen molar-refractivity contribution in [3.05, 3.63) is 34.3 Å². The van der Waals surface area contributed by atoms with Gasteiger partial charge >= 0.3 is 0 Å². The van der Waals surface area contributed by atoms with Gasteiger partial charge in [-0.25, -0.2) is 0 Å². The molecule has 0 aliphatic carbocycles. The number of phenols is 1. The molecule has 1 amide bonds. The second-order valence-electron chi connectivity index (χ2n) is 5.16. The van der Waals surface area contributed by atoms with Gasteiger partial charge in [-0.3, -0.25) is 10.1 Å². The molecule has 0 saturated heterocycles. The van der Waals surface area contributed by atoms with Gasteiger partial charge in [0, 0.05) is 5.92 Å². The number of nitrogens with one attached hydrogen (secondary N) is 1. The van der Waals surface area contributed by atoms with E-state index in [2.05, 4.69) is 15.5 Å². The second-order valence-corrected chi connectivity index (χ2v) is 6.16. The molecular weight excluding hydrogens is 328 g/mol. The van der Waals surface area contributed by atoms with Crippen molar-refractivity contribution in [2.45, 2.75) is 19.8 Å². The molecule has 1 heterocycles. The Bertz CT molecular complexity index is 821. The fourth-order valence-electron chi connectivity index (χ4n) is 1.78. The van der Waals surface area contributed by atoms with Crippen molar-refractivity contribution in [1.82, 2.24) is 10.2 Å². The summed E-state index contributed by atoms with van der Waals surface area (Å²) in [5.74, 6) is -0.126. The molecule has 0 spiro atoms. The van der Waals surface area contributed by atoms with Crippen LogP contribution in [-0.2, 0) is 4.79 Å². The van der Waals surface area contributed by atoms with Gasteiger partial charge in [-0.05, 0) is 23.8 Å². The number of amides is 1. The Morgan fingerprint density at radius 1 is 1.46 bits per heavy atom. The van der Waals surface area contributed by atoms with Gasteiger partial charge in [0.1, 0.15) is 16.6 Å². The lowest BCUT2D eigenvalue weighted by Crippen LogP contribution is -2.13. The lowest BCUT2D eigenvalue weighted by Gasteiger charge is -2.04. The molecule has 0 aliphatic heterocycles. The number of rotatable bonds is 5. The summed E-state index contributed by atoms with van der Waals surface area (Å²) in [6, 6.07) is 6.39. The van der Waals surface area contributed by atoms with Gasteiger partial charge < -0.3 is 9.84 Å². The number of methoxy groups -OCH3 is 1. The van der Waals surface area contributed by atoms with Crippen molar-refractivity contribution < 1.29 is 14.6 Å². The van der Waals surface area contributed by atoms with E-state index in [1.165, 1.54) is 36.7 Å². The summed E-state index contributed by atoms with van der Waals surface area (Å²) in [6.45, 7) is 3.95. The molecule has 8 heteroatoms. The first kappa shape index (κ1) is 17.4. The zero-order valence-electron chi connectivity index (χ0n) is 13.4. The van der Waals surface area contributed by atoms with Crippen molar-refractivity contribution in [1.29, 1.82) is 5.26 Å². The second kappa shape index (κ2) is 7.57. The monoisotopic (exact) mass is 344 g/mol. The van der Waals surface area contributed by atoms with Crippen molar-refractivity contribution in [2.75, 3.05) is 12.4 Å². The number of benzene rings is 1. The van der Waals surface area contributed by atoms with Gasteiger partial charge in [-0.15, -0.1) is 10.2 Å². The summed E-state index contributed by atoms with van der Waals surface area (Å²) in [7, 11) is 1.42. The predicted molar refractivity (Wildman–Crippen MR) is 90.9 cm³/mol. The molecule has 0 fully saturated rings. The van der Waals surface area contributed by atoms with E-state index < -0.39 is 5.91 Å². The Balaban J connectivity index is 2.20. The Kier molecular flexibility index (Phi) is 5.50. The van der Waals surface area contributed by atoms with Crippen molar-refractivity contribution in [3.8, 4) is 17.6 Å². The minimum Gasteiger partial charge on any atom is -0.504 e. The number of aromatic nitrogens is 2. The van der Waals surface area contributed by atoms with E-state index in [1.807, 2.05) is 19.9 Å². The van der Waals surface area contributed by atoms with Gasteiger partial charge in [0.2, 0.25) is 5.13 Å². The number of hydrogen-bond acceptors (Lipinski definition) is 7. The first-order valence-corrected chi connectivity index (χ1v) is 7.89. The van der Waals surface area contributed by atoms with E-state index >= 15 is 0 Å². The van der Waals surface area contributed by atoms with Crippen LogP contribution >= 0.6 is 11.3 Å². The van der Waals surface area contributed by atoms with Gasteiger partial charge in [0.25, 0.3) is 5.91 Å². The maximum absolute atomic E-state index is 12.2. The number of ether oxygens (including phenoxy) is 1. The van der Waals surface area contributed by atoms with Crippen LogP contribution in [0.4, 0.5) is 5.13 Å². The molecule has 2 N–H and O–H groups in total. The normalized spacial score (nSPS) is 11.2. The van der Waals surface area contributed by atoms with Crippen molar-refractivity contribution >= 4 is 28.5 Å². The fraction of sp³-hybridized carbons (Fsp3) is 0.250. The highest BCUT2D eigenvalue weighted by molar-refractivity contribution is 7.15. The molecule has 24 heavy (non-hydrogen) atoms. The van der Waals surface area contributed by atoms with Crippen LogP contribution in [0.25, 0.3) is 6.08 Å². The molecule has 124 valence electrons. The van der Waals surface area contributed by atoms with Crippen LogP contribution in [0.2, 0.25) is 0 Å². The minimum atomic E-state index is -0.573. The number of carbonyl (C=O) groups excluding carboxylic acids is 1. The molecule has 1 aromatic heterocycles. The maximum Gasteiger partial charge on any atom is 0.268 e. The highest BCUT2D eigenvalue weighted by Gasteiger charge is 2.14. The molecule has 0 aliphatic rings. The first-order chi connectivity index (χ1) is 11.4. The third-order valence-electron chi connectivity index (χ3n) is 3.03. The molecular formula is C16H16N4O3S. The standard InChI is InChI=1S/C16H16N4O3S/c1-9(2)15-19-20-16(24-15)18-14(22)11(8-17)6-10-4-5-12(21)13(7-10)23-3/h4-7,9,21H,1-3H3,(H,18,20,22)/b11-6-. The molecule has 7 nitrogen and oxygen atoms in total. The Labute approximate surface area is 143 Å². The third kappa shape index (κ3) is 4.08. The van der Waals surface area contributed by atoms with Crippen molar-refractivity contribution in [3.63, 3.8) is 0 Å². The molecule has 0 atom stereocenters. The number of nitriles is 1. The summed E-state index contributed by atoms with van der Waals surface area (Å²) in [5, 5.41) is 30.4. The quantitative estimate of drug-likeness (QED) is 0.638. The van der Waals surface area contributed by atoms with E-state index in [0.29, 0.717) is 10.7 Å². The van der Waals surface area contributed by atoms with Gasteiger partial charge in [0.05, 0.1) is 7.11 Å². The van der Waals surface area contributed by atoms with E-state index in [4.69, 9.17) is 4.74 Å². The number of nitrogens with zero attached hydrogens (tertiary/aromatic N) is 3.